The lowest BCUT2D eigenvalue weighted by molar-refractivity contribution is 0.138. The van der Waals surface area contributed by atoms with Crippen molar-refractivity contribution in [3.05, 3.63) is 45.5 Å². The Morgan fingerprint density at radius 2 is 2.06 bits per heavy atom. The second kappa shape index (κ2) is 5.24. The van der Waals surface area contributed by atoms with Gasteiger partial charge in [-0.25, -0.2) is 0 Å². The monoisotopic (exact) mass is 284 g/mol. The Morgan fingerprint density at radius 1 is 1.33 bits per heavy atom. The fraction of sp³-hybridized carbons (Fsp3) is 0.467. The van der Waals surface area contributed by atoms with Gasteiger partial charge in [-0.15, -0.1) is 0 Å². The van der Waals surface area contributed by atoms with Crippen LogP contribution in [-0.4, -0.2) is 11.2 Å². The van der Waals surface area contributed by atoms with Crippen LogP contribution in [0.15, 0.2) is 29.8 Å². The van der Waals surface area contributed by atoms with Gasteiger partial charge in [0.05, 0.1) is 16.1 Å². The molecule has 1 aromatic carbocycles. The zero-order chi connectivity index (χ0) is 13.3. The molecule has 0 radical (unpaired) electrons. The summed E-state index contributed by atoms with van der Waals surface area (Å²) in [5.41, 5.74) is 2.41. The summed E-state index contributed by atoms with van der Waals surface area (Å²) in [5.74, 6) is 0. The largest absolute Gasteiger partial charge is 0.389 e. The number of benzene rings is 1. The number of aliphatic hydroxyl groups excluding tert-OH is 1. The van der Waals surface area contributed by atoms with Crippen molar-refractivity contribution in [1.29, 1.82) is 0 Å². The zero-order valence-electron chi connectivity index (χ0n) is 10.7. The van der Waals surface area contributed by atoms with Crippen molar-refractivity contribution in [2.75, 3.05) is 0 Å². The maximum absolute atomic E-state index is 9.88. The molecule has 98 valence electrons. The standard InChI is InChI=1S/C15H18Cl2O/c1-15(2)8-10(7-12(18)9-15)6-11-4-3-5-13(16)14(11)17/h3-5,7,12,18H,6,8-9H2,1-2H3. The number of hydrogen-bond acceptors (Lipinski definition) is 1. The van der Waals surface area contributed by atoms with E-state index in [2.05, 4.69) is 13.8 Å². The highest BCUT2D eigenvalue weighted by Crippen LogP contribution is 2.37. The van der Waals surface area contributed by atoms with Crippen LogP contribution in [0, 0.1) is 5.41 Å². The van der Waals surface area contributed by atoms with Crippen LogP contribution in [0.2, 0.25) is 10.0 Å². The van der Waals surface area contributed by atoms with Crippen LogP contribution in [0.1, 0.15) is 32.3 Å². The summed E-state index contributed by atoms with van der Waals surface area (Å²) >= 11 is 12.2. The van der Waals surface area contributed by atoms with Crippen molar-refractivity contribution in [3.63, 3.8) is 0 Å². The van der Waals surface area contributed by atoms with E-state index in [1.54, 1.807) is 6.07 Å². The summed E-state index contributed by atoms with van der Waals surface area (Å²) in [6.45, 7) is 4.37. The predicted octanol–water partition coefficient (Wildman–Crippen LogP) is 4.64. The summed E-state index contributed by atoms with van der Waals surface area (Å²) in [7, 11) is 0. The van der Waals surface area contributed by atoms with Crippen LogP contribution in [0.4, 0.5) is 0 Å². The highest BCUT2D eigenvalue weighted by Gasteiger charge is 2.27. The van der Waals surface area contributed by atoms with E-state index in [9.17, 15) is 5.11 Å². The van der Waals surface area contributed by atoms with Crippen LogP contribution in [0.3, 0.4) is 0 Å². The van der Waals surface area contributed by atoms with Gasteiger partial charge in [-0.05, 0) is 36.3 Å². The van der Waals surface area contributed by atoms with E-state index in [0.29, 0.717) is 10.0 Å². The molecule has 0 fully saturated rings. The van der Waals surface area contributed by atoms with Crippen molar-refractivity contribution in [2.24, 2.45) is 5.41 Å². The number of aliphatic hydroxyl groups is 1. The summed E-state index contributed by atoms with van der Waals surface area (Å²) < 4.78 is 0. The second-order valence-corrected chi connectivity index (χ2v) is 6.61. The van der Waals surface area contributed by atoms with Crippen LogP contribution >= 0.6 is 23.2 Å². The molecule has 0 saturated heterocycles. The van der Waals surface area contributed by atoms with Gasteiger partial charge < -0.3 is 5.11 Å². The molecule has 1 unspecified atom stereocenters. The number of allylic oxidation sites excluding steroid dienone is 1. The van der Waals surface area contributed by atoms with E-state index in [1.165, 1.54) is 5.57 Å². The average molecular weight is 285 g/mol. The molecule has 1 aliphatic rings. The molecule has 1 nitrogen and oxygen atoms in total. The summed E-state index contributed by atoms with van der Waals surface area (Å²) in [5, 5.41) is 11.1. The third kappa shape index (κ3) is 3.28. The molecule has 18 heavy (non-hydrogen) atoms. The van der Waals surface area contributed by atoms with Gasteiger partial charge in [-0.3, -0.25) is 0 Å². The quantitative estimate of drug-likeness (QED) is 0.785. The fourth-order valence-electron chi connectivity index (χ4n) is 2.69. The minimum atomic E-state index is -0.346. The Morgan fingerprint density at radius 3 is 2.72 bits per heavy atom. The Bertz CT molecular complexity index is 477. The van der Waals surface area contributed by atoms with E-state index in [0.717, 1.165) is 24.8 Å². The summed E-state index contributed by atoms with van der Waals surface area (Å²) in [4.78, 5) is 0. The lowest BCUT2D eigenvalue weighted by atomic mass is 9.75. The van der Waals surface area contributed by atoms with Gasteiger partial charge in [0.1, 0.15) is 0 Å². The summed E-state index contributed by atoms with van der Waals surface area (Å²) in [6.07, 6.45) is 4.19. The van der Waals surface area contributed by atoms with E-state index in [-0.39, 0.29) is 11.5 Å². The first-order valence-corrected chi connectivity index (χ1v) is 6.93. The molecule has 1 aromatic rings. The minimum absolute atomic E-state index is 0.147. The van der Waals surface area contributed by atoms with Crippen LogP contribution in [-0.2, 0) is 6.42 Å². The predicted molar refractivity (Wildman–Crippen MR) is 77.3 cm³/mol. The molecule has 1 atom stereocenters. The second-order valence-electron chi connectivity index (χ2n) is 5.83. The highest BCUT2D eigenvalue weighted by atomic mass is 35.5. The molecule has 1 N–H and O–H groups in total. The molecule has 0 spiro atoms. The Balaban J connectivity index is 2.21. The van der Waals surface area contributed by atoms with Gasteiger partial charge in [-0.2, -0.15) is 0 Å². The topological polar surface area (TPSA) is 20.2 Å². The first-order chi connectivity index (χ1) is 8.37. The van der Waals surface area contributed by atoms with Gasteiger partial charge in [0, 0.05) is 0 Å². The minimum Gasteiger partial charge on any atom is -0.389 e. The van der Waals surface area contributed by atoms with Crippen molar-refractivity contribution in [3.8, 4) is 0 Å². The van der Waals surface area contributed by atoms with Crippen molar-refractivity contribution < 1.29 is 5.11 Å². The van der Waals surface area contributed by atoms with Crippen molar-refractivity contribution >= 4 is 23.2 Å². The van der Waals surface area contributed by atoms with Gasteiger partial charge in [-0.1, -0.05) is 60.8 Å². The maximum atomic E-state index is 9.88. The molecule has 1 aliphatic carbocycles. The molecule has 0 amide bonds. The lowest BCUT2D eigenvalue weighted by Gasteiger charge is -2.32. The Kier molecular flexibility index (Phi) is 4.05. The first-order valence-electron chi connectivity index (χ1n) is 6.18. The Labute approximate surface area is 118 Å². The van der Waals surface area contributed by atoms with Crippen LogP contribution in [0.25, 0.3) is 0 Å². The van der Waals surface area contributed by atoms with Crippen molar-refractivity contribution in [2.45, 2.75) is 39.2 Å². The molecule has 0 aromatic heterocycles. The number of rotatable bonds is 2. The van der Waals surface area contributed by atoms with E-state index < -0.39 is 0 Å². The molecular formula is C15H18Cl2O. The lowest BCUT2D eigenvalue weighted by Crippen LogP contribution is -2.25. The van der Waals surface area contributed by atoms with Gasteiger partial charge >= 0.3 is 0 Å². The van der Waals surface area contributed by atoms with E-state index >= 15 is 0 Å². The van der Waals surface area contributed by atoms with Crippen LogP contribution in [0.5, 0.6) is 0 Å². The first kappa shape index (κ1) is 13.9. The van der Waals surface area contributed by atoms with E-state index in [1.807, 2.05) is 18.2 Å². The maximum Gasteiger partial charge on any atom is 0.0728 e. The zero-order valence-corrected chi connectivity index (χ0v) is 12.2. The number of halogens is 2. The molecule has 0 bridgehead atoms. The highest BCUT2D eigenvalue weighted by molar-refractivity contribution is 6.42. The molecule has 2 rings (SSSR count). The Hall–Kier alpha value is -0.500. The number of hydrogen-bond donors (Lipinski definition) is 1. The van der Waals surface area contributed by atoms with Gasteiger partial charge in [0.15, 0.2) is 0 Å². The SMILES string of the molecule is CC1(C)CC(Cc2cccc(Cl)c2Cl)=CC(O)C1. The third-order valence-corrected chi connectivity index (χ3v) is 4.20. The molecule has 3 heteroatoms. The molecule has 0 aliphatic heterocycles. The molecule has 0 heterocycles. The fourth-order valence-corrected chi connectivity index (χ4v) is 3.08. The average Bonchev–Trinajstić information content (AvgIpc) is 2.22. The van der Waals surface area contributed by atoms with Gasteiger partial charge in [0.2, 0.25) is 0 Å². The normalized spacial score (nSPS) is 22.7. The van der Waals surface area contributed by atoms with Crippen LogP contribution < -0.4 is 0 Å². The van der Waals surface area contributed by atoms with Gasteiger partial charge in [0.25, 0.3) is 0 Å². The smallest absolute Gasteiger partial charge is 0.0728 e. The molecule has 0 saturated carbocycles. The van der Waals surface area contributed by atoms with Crippen molar-refractivity contribution in [1.82, 2.24) is 0 Å². The van der Waals surface area contributed by atoms with E-state index in [4.69, 9.17) is 23.2 Å². The third-order valence-electron chi connectivity index (χ3n) is 3.34. The molecular weight excluding hydrogens is 267 g/mol. The summed E-state index contributed by atoms with van der Waals surface area (Å²) in [6, 6.07) is 5.69.